The second-order valence-corrected chi connectivity index (χ2v) is 3.58. The van der Waals surface area contributed by atoms with Crippen LogP contribution in [0.4, 0.5) is 0 Å². The Bertz CT molecular complexity index is 540. The third-order valence-electron chi connectivity index (χ3n) is 2.28. The molecule has 84 valence electrons. The Hall–Kier alpha value is -1.64. The molecule has 1 atom stereocenters. The van der Waals surface area contributed by atoms with Crippen LogP contribution in [0.15, 0.2) is 36.7 Å². The first-order chi connectivity index (χ1) is 9.15. The summed E-state index contributed by atoms with van der Waals surface area (Å²) in [5.41, 5.74) is 0.959. The topological polar surface area (TPSA) is 30.7 Å². The molecule has 3 heteroatoms. The zero-order valence-electron chi connectivity index (χ0n) is 12.3. The number of hydrogen-bond donors (Lipinski definition) is 0. The molecule has 2 aromatic heterocycles. The molecule has 0 radical (unpaired) electrons. The van der Waals surface area contributed by atoms with Crippen LogP contribution in [0.3, 0.4) is 0 Å². The third kappa shape index (κ3) is 2.69. The number of aryl methyl sites for hydroxylation is 1. The quantitative estimate of drug-likeness (QED) is 0.776. The van der Waals surface area contributed by atoms with E-state index in [-0.39, 0.29) is 12.3 Å². The number of nitrogens with zero attached hydrogens (tertiary/aromatic N) is 3. The Morgan fingerprint density at radius 3 is 3.12 bits per heavy atom. The largest absolute Gasteiger partial charge is 0.272 e. The van der Waals surface area contributed by atoms with Crippen molar-refractivity contribution in [2.45, 2.75) is 32.7 Å². The molecule has 2 heterocycles. The highest BCUT2D eigenvalue weighted by Crippen LogP contribution is 2.14. The fraction of sp³-hybridized carbons (Fsp3) is 0.385. The van der Waals surface area contributed by atoms with Crippen molar-refractivity contribution in [2.24, 2.45) is 0 Å². The van der Waals surface area contributed by atoms with Gasteiger partial charge >= 0.3 is 0 Å². The predicted octanol–water partition coefficient (Wildman–Crippen LogP) is 3.14. The summed E-state index contributed by atoms with van der Waals surface area (Å²) in [4.78, 5) is 4.15. The minimum Gasteiger partial charge on any atom is -0.272 e. The molecule has 0 fully saturated rings. The lowest BCUT2D eigenvalue weighted by molar-refractivity contribution is 0.553. The Labute approximate surface area is 100 Å². The molecule has 0 aliphatic carbocycles. The third-order valence-corrected chi connectivity index (χ3v) is 2.28. The number of rotatable bonds is 5. The lowest BCUT2D eigenvalue weighted by Crippen LogP contribution is -1.97. The Morgan fingerprint density at radius 1 is 1.44 bits per heavy atom. The van der Waals surface area contributed by atoms with Gasteiger partial charge in [-0.1, -0.05) is 25.8 Å². The summed E-state index contributed by atoms with van der Waals surface area (Å²) in [5, 5.41) is 4.01. The van der Waals surface area contributed by atoms with Crippen molar-refractivity contribution in [1.29, 1.82) is 0 Å². The molecule has 3 nitrogen and oxygen atoms in total. The van der Waals surface area contributed by atoms with Gasteiger partial charge in [0.1, 0.15) is 0 Å². The normalized spacial score (nSPS) is 15.2. The average Bonchev–Trinajstić information content (AvgIpc) is 2.72. The van der Waals surface area contributed by atoms with Crippen molar-refractivity contribution in [3.63, 3.8) is 0 Å². The van der Waals surface area contributed by atoms with Crippen molar-refractivity contribution >= 4 is 0 Å². The van der Waals surface area contributed by atoms with Gasteiger partial charge in [0.05, 0.1) is 16.0 Å². The predicted molar refractivity (Wildman–Crippen MR) is 65.0 cm³/mol. The van der Waals surface area contributed by atoms with Crippen LogP contribution >= 0.6 is 0 Å². The number of pyridine rings is 1. The fourth-order valence-corrected chi connectivity index (χ4v) is 1.40. The first kappa shape index (κ1) is 7.60. The first-order valence-corrected chi connectivity index (χ1v) is 5.54. The highest BCUT2D eigenvalue weighted by Gasteiger charge is 2.01. The lowest BCUT2D eigenvalue weighted by Gasteiger charge is -1.99. The van der Waals surface area contributed by atoms with E-state index < -0.39 is 6.52 Å². The van der Waals surface area contributed by atoms with Crippen molar-refractivity contribution < 1.29 is 4.11 Å². The molecule has 0 spiro atoms. The van der Waals surface area contributed by atoms with E-state index in [0.717, 1.165) is 12.8 Å². The average molecular weight is 221 g/mol. The van der Waals surface area contributed by atoms with Gasteiger partial charge in [0.15, 0.2) is 0 Å². The van der Waals surface area contributed by atoms with Gasteiger partial charge in [-0.05, 0) is 18.6 Å². The monoisotopic (exact) mass is 221 g/mol. The zero-order chi connectivity index (χ0) is 13.8. The van der Waals surface area contributed by atoms with Gasteiger partial charge in [0.25, 0.3) is 0 Å². The van der Waals surface area contributed by atoms with E-state index in [4.69, 9.17) is 4.11 Å². The molecule has 2 rings (SSSR count). The number of aromatic nitrogens is 3. The van der Waals surface area contributed by atoms with Crippen LogP contribution in [0, 0.1) is 0 Å². The number of hydrogen-bond acceptors (Lipinski definition) is 2. The second kappa shape index (κ2) is 5.45. The minimum atomic E-state index is -0.603. The van der Waals surface area contributed by atoms with Crippen molar-refractivity contribution in [2.75, 3.05) is 0 Å². The van der Waals surface area contributed by atoms with Crippen molar-refractivity contribution in [3.8, 4) is 11.3 Å². The Morgan fingerprint density at radius 2 is 2.38 bits per heavy atom. The van der Waals surface area contributed by atoms with E-state index in [1.165, 1.54) is 4.68 Å². The Kier molecular flexibility index (Phi) is 2.59. The fourth-order valence-electron chi connectivity index (χ4n) is 1.40. The summed E-state index contributed by atoms with van der Waals surface area (Å²) in [5.74, 6) is 0. The molecule has 0 aliphatic rings. The molecule has 16 heavy (non-hydrogen) atoms. The molecule has 0 aliphatic heterocycles. The van der Waals surface area contributed by atoms with Crippen LogP contribution in [0.25, 0.3) is 11.3 Å². The van der Waals surface area contributed by atoms with E-state index in [2.05, 4.69) is 17.0 Å². The maximum absolute atomic E-state index is 8.09. The maximum atomic E-state index is 8.09. The van der Waals surface area contributed by atoms with Crippen molar-refractivity contribution in [1.82, 2.24) is 14.8 Å². The molecule has 1 unspecified atom stereocenters. The SMILES string of the molecule is [3H]c1nn(C([3H])CCCC)c([3H])c1-c1ccccn1. The molecular formula is C13H17N3. The highest BCUT2D eigenvalue weighted by atomic mass is 15.3. The molecule has 0 N–H and O–H groups in total. The summed E-state index contributed by atoms with van der Waals surface area (Å²) in [6.07, 6.45) is 4.30. The standard InChI is InChI=1S/C13H17N3/c1-2-3-6-9-16-11-12(10-15-16)13-7-4-5-8-14-13/h4-5,7-8,10-11H,2-3,6,9H2,1H3/i9T,10T,11T. The van der Waals surface area contributed by atoms with Gasteiger partial charge in [-0.25, -0.2) is 0 Å². The summed E-state index contributed by atoms with van der Waals surface area (Å²) in [6.45, 7) is 1.46. The molecule has 0 aromatic carbocycles. The summed E-state index contributed by atoms with van der Waals surface area (Å²) >= 11 is 0. The molecule has 0 saturated carbocycles. The van der Waals surface area contributed by atoms with Gasteiger partial charge in [0.2, 0.25) is 0 Å². The number of unbranched alkanes of at least 4 members (excludes halogenated alkanes) is 1. The van der Waals surface area contributed by atoms with E-state index in [1.54, 1.807) is 18.3 Å². The zero-order valence-corrected chi connectivity index (χ0v) is 9.35. The smallest absolute Gasteiger partial charge is 0.0867 e. The molecule has 0 amide bonds. The van der Waals surface area contributed by atoms with E-state index in [9.17, 15) is 0 Å². The minimum absolute atomic E-state index is 0.0115. The van der Waals surface area contributed by atoms with E-state index in [0.29, 0.717) is 17.7 Å². The van der Waals surface area contributed by atoms with Crippen LogP contribution < -0.4 is 0 Å². The van der Waals surface area contributed by atoms with Crippen molar-refractivity contribution in [3.05, 3.63) is 36.7 Å². The molecule has 2 aromatic rings. The summed E-state index contributed by atoms with van der Waals surface area (Å²) in [6, 6.07) is 5.35. The van der Waals surface area contributed by atoms with Gasteiger partial charge < -0.3 is 0 Å². The van der Waals surface area contributed by atoms with E-state index >= 15 is 0 Å². The van der Waals surface area contributed by atoms with Crippen LogP contribution in [0.2, 0.25) is 0 Å². The van der Waals surface area contributed by atoms with Crippen LogP contribution in [0.1, 0.15) is 30.3 Å². The van der Waals surface area contributed by atoms with Gasteiger partial charge in [0, 0.05) is 24.5 Å². The van der Waals surface area contributed by atoms with Crippen LogP contribution in [-0.4, -0.2) is 14.8 Å². The molecule has 0 saturated heterocycles. The summed E-state index contributed by atoms with van der Waals surface area (Å²) in [7, 11) is 0. The van der Waals surface area contributed by atoms with Gasteiger partial charge in [-0.3, -0.25) is 9.67 Å². The Balaban J connectivity index is 2.35. The first-order valence-electron chi connectivity index (χ1n) is 7.12. The second-order valence-electron chi connectivity index (χ2n) is 3.58. The van der Waals surface area contributed by atoms with E-state index in [1.807, 2.05) is 6.07 Å². The van der Waals surface area contributed by atoms with Gasteiger partial charge in [-0.15, -0.1) is 0 Å². The summed E-state index contributed by atoms with van der Waals surface area (Å²) < 4.78 is 25.3. The van der Waals surface area contributed by atoms with Crippen LogP contribution in [0.5, 0.6) is 0 Å². The highest BCUT2D eigenvalue weighted by molar-refractivity contribution is 5.56. The molecular weight excluding hydrogens is 198 g/mol. The van der Waals surface area contributed by atoms with Crippen LogP contribution in [-0.2, 0) is 6.52 Å². The van der Waals surface area contributed by atoms with Gasteiger partial charge in [-0.2, -0.15) is 5.10 Å². The lowest BCUT2D eigenvalue weighted by atomic mass is 10.2. The maximum Gasteiger partial charge on any atom is 0.0867 e. The molecule has 0 bridgehead atoms.